The van der Waals surface area contributed by atoms with Gasteiger partial charge in [-0.3, -0.25) is 20.6 Å². The van der Waals surface area contributed by atoms with Crippen LogP contribution in [0.3, 0.4) is 0 Å². The zero-order valence-electron chi connectivity index (χ0n) is 36.2. The summed E-state index contributed by atoms with van der Waals surface area (Å²) in [5, 5.41) is 5.44. The third kappa shape index (κ3) is 9.44. The average Bonchev–Trinajstić information content (AvgIpc) is 4.10. The van der Waals surface area contributed by atoms with E-state index < -0.39 is 54.1 Å². The van der Waals surface area contributed by atoms with E-state index in [0.717, 1.165) is 27.9 Å². The highest BCUT2D eigenvalue weighted by molar-refractivity contribution is 6.31. The van der Waals surface area contributed by atoms with Crippen LogP contribution in [0.25, 0.3) is 33.6 Å². The van der Waals surface area contributed by atoms with Crippen LogP contribution in [0, 0.1) is 5.92 Å². The highest BCUT2D eigenvalue weighted by Crippen LogP contribution is 2.40. The molecule has 2 aliphatic rings. The molecule has 6 rings (SSSR count). The Bertz CT molecular complexity index is 2200. The van der Waals surface area contributed by atoms with Gasteiger partial charge in [0, 0.05) is 45.4 Å². The summed E-state index contributed by atoms with van der Waals surface area (Å²) in [5.41, 5.74) is 9.60. The Morgan fingerprint density at radius 1 is 0.871 bits per heavy atom. The Morgan fingerprint density at radius 3 is 2.10 bits per heavy atom. The maximum Gasteiger partial charge on any atom is 0.408 e. The maximum atomic E-state index is 14.0. The molecule has 0 unspecified atom stereocenters. The Balaban J connectivity index is 1.17. The largest absolute Gasteiger partial charge is 0.453 e. The van der Waals surface area contributed by atoms with Crippen molar-refractivity contribution < 1.29 is 42.9 Å². The first-order valence-corrected chi connectivity index (χ1v) is 20.7. The Morgan fingerprint density at radius 2 is 1.50 bits per heavy atom. The van der Waals surface area contributed by atoms with Crippen molar-refractivity contribution in [3.05, 3.63) is 71.5 Å². The number of H-pyrrole nitrogens is 2. The van der Waals surface area contributed by atoms with Crippen molar-refractivity contribution >= 4 is 35.6 Å². The number of methoxy groups -OCH3 is 5. The number of benzene rings is 2. The van der Waals surface area contributed by atoms with Crippen LogP contribution in [0.1, 0.15) is 63.8 Å². The van der Waals surface area contributed by atoms with E-state index in [4.69, 9.17) is 46.0 Å². The van der Waals surface area contributed by atoms with Gasteiger partial charge in [0.05, 0.1) is 50.9 Å². The molecule has 8 atom stereocenters. The molecule has 0 radical (unpaired) electrons. The smallest absolute Gasteiger partial charge is 0.408 e. The van der Waals surface area contributed by atoms with Crippen LogP contribution in [-0.2, 0) is 33.3 Å². The third-order valence-electron chi connectivity index (χ3n) is 12.0. The van der Waals surface area contributed by atoms with E-state index in [0.29, 0.717) is 54.9 Å². The summed E-state index contributed by atoms with van der Waals surface area (Å²) in [4.78, 5) is 72.0. The van der Waals surface area contributed by atoms with E-state index in [1.54, 1.807) is 37.0 Å². The van der Waals surface area contributed by atoms with Gasteiger partial charge in [-0.1, -0.05) is 60.1 Å². The van der Waals surface area contributed by atoms with Gasteiger partial charge in [0.1, 0.15) is 34.6 Å². The number of aromatic amines is 2. The number of amides is 4. The van der Waals surface area contributed by atoms with E-state index in [2.05, 4.69) is 25.6 Å². The molecule has 6 N–H and O–H groups in total. The molecule has 2 aromatic heterocycles. The second-order valence-corrected chi connectivity index (χ2v) is 16.1. The number of aromatic nitrogens is 4. The lowest BCUT2D eigenvalue weighted by molar-refractivity contribution is -0.147. The summed E-state index contributed by atoms with van der Waals surface area (Å²) in [6.45, 7) is 6.07. The zero-order chi connectivity index (χ0) is 44.9. The van der Waals surface area contributed by atoms with Crippen LogP contribution in [0.15, 0.2) is 54.7 Å². The number of halogens is 1. The van der Waals surface area contributed by atoms with E-state index in [1.807, 2.05) is 55.5 Å². The Labute approximate surface area is 365 Å². The van der Waals surface area contributed by atoms with Crippen LogP contribution in [0.2, 0.25) is 5.15 Å². The second-order valence-electron chi connectivity index (χ2n) is 15.8. The number of imidazole rings is 2. The number of rotatable bonds is 15. The number of carbonyl (C=O) groups excluding carboxylic acids is 4. The molecule has 4 amide bonds. The summed E-state index contributed by atoms with van der Waals surface area (Å²) < 4.78 is 25.8. The fourth-order valence-electron chi connectivity index (χ4n) is 8.24. The van der Waals surface area contributed by atoms with Gasteiger partial charge in [-0.25, -0.2) is 19.6 Å². The summed E-state index contributed by atoms with van der Waals surface area (Å²) >= 11 is 6.78. The van der Waals surface area contributed by atoms with Gasteiger partial charge >= 0.3 is 12.2 Å². The Hall–Kier alpha value is -5.53. The SMILES string of the molecule is COC[C@H]1C[C@@H](c2nc(-c3ccc(-c4ccc(-c5cnc([C@@H]6CC[C@H](C)N6C(=O)[C@@](N)(NC(=O)OC)[C@@H](C)OC)[nH]5)cc4)cc3)c(Cl)[nH]2)N(C(=O)[C@@H](NC(=O)OC)[C@@H](C)OC)C1. The van der Waals surface area contributed by atoms with Crippen LogP contribution in [0.5, 0.6) is 0 Å². The third-order valence-corrected chi connectivity index (χ3v) is 12.3. The van der Waals surface area contributed by atoms with Crippen molar-refractivity contribution in [3.63, 3.8) is 0 Å². The first kappa shape index (κ1) is 46.0. The van der Waals surface area contributed by atoms with Crippen molar-refractivity contribution in [1.29, 1.82) is 0 Å². The van der Waals surface area contributed by atoms with Gasteiger partial charge < -0.3 is 48.8 Å². The molecule has 4 heterocycles. The molecule has 0 saturated carbocycles. The molecule has 18 nitrogen and oxygen atoms in total. The quantitative estimate of drug-likeness (QED) is 0.0974. The monoisotopic (exact) mass is 877 g/mol. The fraction of sp³-hybridized carbons (Fsp3) is 0.488. The van der Waals surface area contributed by atoms with Crippen molar-refractivity contribution in [2.75, 3.05) is 48.7 Å². The number of alkyl carbamates (subject to hydrolysis) is 2. The molecule has 2 aliphatic heterocycles. The molecule has 19 heteroatoms. The summed E-state index contributed by atoms with van der Waals surface area (Å²) in [5.74, 6) is 0.306. The molecule has 4 aromatic rings. The molecule has 0 bridgehead atoms. The molecular weight excluding hydrogens is 822 g/mol. The predicted molar refractivity (Wildman–Crippen MR) is 230 cm³/mol. The molecule has 2 fully saturated rings. The average molecular weight is 878 g/mol. The molecule has 2 aromatic carbocycles. The van der Waals surface area contributed by atoms with Gasteiger partial charge in [0.15, 0.2) is 5.66 Å². The van der Waals surface area contributed by atoms with Gasteiger partial charge in [0.25, 0.3) is 5.91 Å². The molecule has 2 saturated heterocycles. The van der Waals surface area contributed by atoms with E-state index >= 15 is 0 Å². The van der Waals surface area contributed by atoms with Gasteiger partial charge in [-0.15, -0.1) is 0 Å². The van der Waals surface area contributed by atoms with Crippen LogP contribution in [0.4, 0.5) is 9.59 Å². The second kappa shape index (κ2) is 19.7. The standard InChI is InChI=1S/C43H56ClN9O9/c1-23-9-18-32(53(23)40(55)43(45,25(3)60-6)51-42(57)62-8)37-46-20-31(47-37)29-14-10-27(11-15-29)28-12-16-30(17-13-28)35-36(44)50-38(48-35)33-19-26(22-58-4)21-52(33)39(54)34(24(2)59-5)49-41(56)61-7/h10-17,20,23-26,32-34H,9,18-19,21-22,45H2,1-8H3,(H,46,47)(H,48,50)(H,49,56)(H,51,57)/t23-,24+,25+,26-,32-,33-,34-,43-/m0/s1. The van der Waals surface area contributed by atoms with Gasteiger partial charge in [-0.2, -0.15) is 0 Å². The predicted octanol–water partition coefficient (Wildman–Crippen LogP) is 5.18. The number of nitrogens with two attached hydrogens (primary N) is 1. The first-order chi connectivity index (χ1) is 29.7. The lowest BCUT2D eigenvalue weighted by atomic mass is 10.0. The number of nitrogens with one attached hydrogen (secondary N) is 4. The lowest BCUT2D eigenvalue weighted by Crippen LogP contribution is -2.71. The number of nitrogens with zero attached hydrogens (tertiary/aromatic N) is 4. The van der Waals surface area contributed by atoms with Crippen LogP contribution in [-0.4, -0.2) is 132 Å². The fourth-order valence-corrected chi connectivity index (χ4v) is 8.49. The van der Waals surface area contributed by atoms with E-state index in [9.17, 15) is 19.2 Å². The minimum absolute atomic E-state index is 0.0248. The first-order valence-electron chi connectivity index (χ1n) is 20.4. The van der Waals surface area contributed by atoms with Crippen molar-refractivity contribution in [2.24, 2.45) is 11.7 Å². The number of ether oxygens (including phenoxy) is 5. The zero-order valence-corrected chi connectivity index (χ0v) is 36.9. The summed E-state index contributed by atoms with van der Waals surface area (Å²) in [6.07, 6.45) is 0.597. The normalized spacial score (nSPS) is 21.2. The number of hydrogen-bond donors (Lipinski definition) is 5. The molecule has 0 spiro atoms. The number of carbonyl (C=O) groups is 4. The molecule has 334 valence electrons. The summed E-state index contributed by atoms with van der Waals surface area (Å²) in [6, 6.07) is 13.8. The summed E-state index contributed by atoms with van der Waals surface area (Å²) in [7, 11) is 6.94. The van der Waals surface area contributed by atoms with Crippen LogP contribution >= 0.6 is 11.6 Å². The van der Waals surface area contributed by atoms with Gasteiger partial charge in [-0.05, 0) is 56.7 Å². The van der Waals surface area contributed by atoms with Crippen molar-refractivity contribution in [3.8, 4) is 33.6 Å². The highest BCUT2D eigenvalue weighted by Gasteiger charge is 2.50. The highest BCUT2D eigenvalue weighted by atomic mass is 35.5. The molecular formula is C43H56ClN9O9. The van der Waals surface area contributed by atoms with E-state index in [1.165, 1.54) is 28.4 Å². The molecule has 62 heavy (non-hydrogen) atoms. The Kier molecular flexibility index (Phi) is 14.6. The van der Waals surface area contributed by atoms with Crippen LogP contribution < -0.4 is 16.4 Å². The molecule has 0 aliphatic carbocycles. The minimum Gasteiger partial charge on any atom is -0.453 e. The topological polar surface area (TPSA) is 228 Å². The van der Waals surface area contributed by atoms with Gasteiger partial charge in [0.2, 0.25) is 5.91 Å². The lowest BCUT2D eigenvalue weighted by Gasteiger charge is -2.39. The van der Waals surface area contributed by atoms with E-state index in [-0.39, 0.29) is 17.9 Å². The number of likely N-dealkylation sites (tertiary alicyclic amines) is 2. The van der Waals surface area contributed by atoms with Crippen molar-refractivity contribution in [2.45, 2.75) is 82.1 Å². The number of hydrogen-bond acceptors (Lipinski definition) is 12. The van der Waals surface area contributed by atoms with Crippen molar-refractivity contribution in [1.82, 2.24) is 40.4 Å². The maximum absolute atomic E-state index is 14.0. The minimum atomic E-state index is -1.87.